The number of benzene rings is 1. The maximum absolute atomic E-state index is 12.5. The molecule has 1 atom stereocenters. The third-order valence-electron chi connectivity index (χ3n) is 5.97. The summed E-state index contributed by atoms with van der Waals surface area (Å²) >= 11 is 0. The van der Waals surface area contributed by atoms with Crippen LogP contribution in [0.1, 0.15) is 32.6 Å². The van der Waals surface area contributed by atoms with Gasteiger partial charge in [-0.2, -0.15) is 0 Å². The number of hydrogen-bond acceptors (Lipinski definition) is 6. The Morgan fingerprint density at radius 1 is 1.17 bits per heavy atom. The zero-order chi connectivity index (χ0) is 21.3. The summed E-state index contributed by atoms with van der Waals surface area (Å²) in [6.07, 6.45) is 4.13. The second-order valence-electron chi connectivity index (χ2n) is 8.25. The first kappa shape index (κ1) is 20.2. The molecular weight excluding hydrogens is 388 g/mol. The molecule has 3 fully saturated rings. The number of esters is 1. The quantitative estimate of drug-likeness (QED) is 0.517. The number of ether oxygens (including phenoxy) is 1. The standard InChI is InChI=1S/C21H26N4O5/c1-21(14-4-5-14)19(28)25(20(29)23-21)12-18(27)30-13-17(26)22-15-6-8-16(9-7-15)24-10-2-3-11-24/h6-9,14H,2-5,10-13H2,1H3,(H,22,26)(H,23,29)/t21-/m1/s1. The van der Waals surface area contributed by atoms with Crippen LogP contribution < -0.4 is 15.5 Å². The molecule has 1 aromatic rings. The van der Waals surface area contributed by atoms with Gasteiger partial charge >= 0.3 is 12.0 Å². The Hall–Kier alpha value is -3.10. The van der Waals surface area contributed by atoms with Crippen molar-refractivity contribution in [2.45, 2.75) is 38.1 Å². The Morgan fingerprint density at radius 3 is 2.47 bits per heavy atom. The summed E-state index contributed by atoms with van der Waals surface area (Å²) in [6, 6.07) is 6.90. The highest BCUT2D eigenvalue weighted by atomic mass is 16.5. The molecular formula is C21H26N4O5. The van der Waals surface area contributed by atoms with Crippen molar-refractivity contribution < 1.29 is 23.9 Å². The molecule has 2 saturated heterocycles. The smallest absolute Gasteiger partial charge is 0.326 e. The molecule has 2 N–H and O–H groups in total. The number of anilines is 2. The predicted octanol–water partition coefficient (Wildman–Crippen LogP) is 1.49. The van der Waals surface area contributed by atoms with E-state index in [-0.39, 0.29) is 5.92 Å². The van der Waals surface area contributed by atoms with Crippen LogP contribution in [0.25, 0.3) is 0 Å². The molecule has 9 heteroatoms. The molecule has 0 spiro atoms. The number of carbonyl (C=O) groups excluding carboxylic acids is 4. The van der Waals surface area contributed by atoms with Crippen molar-refractivity contribution in [1.82, 2.24) is 10.2 Å². The number of urea groups is 1. The Bertz CT molecular complexity index is 861. The molecule has 9 nitrogen and oxygen atoms in total. The number of hydrogen-bond donors (Lipinski definition) is 2. The maximum Gasteiger partial charge on any atom is 0.326 e. The Balaban J connectivity index is 1.23. The van der Waals surface area contributed by atoms with Crippen LogP contribution in [0.5, 0.6) is 0 Å². The third kappa shape index (κ3) is 4.10. The van der Waals surface area contributed by atoms with E-state index in [1.807, 2.05) is 12.1 Å². The van der Waals surface area contributed by atoms with Gasteiger partial charge in [-0.05, 0) is 62.8 Å². The van der Waals surface area contributed by atoms with Crippen molar-refractivity contribution in [1.29, 1.82) is 0 Å². The highest BCUT2D eigenvalue weighted by Crippen LogP contribution is 2.42. The van der Waals surface area contributed by atoms with Gasteiger partial charge in [-0.15, -0.1) is 0 Å². The van der Waals surface area contributed by atoms with Crippen molar-refractivity contribution >= 4 is 35.2 Å². The molecule has 4 rings (SSSR count). The second-order valence-corrected chi connectivity index (χ2v) is 8.25. The van der Waals surface area contributed by atoms with Crippen LogP contribution >= 0.6 is 0 Å². The third-order valence-corrected chi connectivity index (χ3v) is 5.97. The van der Waals surface area contributed by atoms with E-state index in [1.54, 1.807) is 19.1 Å². The zero-order valence-electron chi connectivity index (χ0n) is 17.0. The van der Waals surface area contributed by atoms with Crippen LogP contribution in [0.4, 0.5) is 16.2 Å². The lowest BCUT2D eigenvalue weighted by Crippen LogP contribution is -2.46. The first-order valence-electron chi connectivity index (χ1n) is 10.3. The minimum atomic E-state index is -0.948. The molecule has 2 aliphatic heterocycles. The zero-order valence-corrected chi connectivity index (χ0v) is 17.0. The van der Waals surface area contributed by atoms with Crippen molar-refractivity contribution in [3.05, 3.63) is 24.3 Å². The van der Waals surface area contributed by atoms with E-state index in [2.05, 4.69) is 15.5 Å². The normalized spacial score (nSPS) is 23.5. The van der Waals surface area contributed by atoms with Crippen LogP contribution in [-0.4, -0.2) is 60.5 Å². The van der Waals surface area contributed by atoms with Gasteiger partial charge < -0.3 is 20.3 Å². The first-order valence-corrected chi connectivity index (χ1v) is 10.3. The van der Waals surface area contributed by atoms with Crippen LogP contribution in [0, 0.1) is 5.92 Å². The highest BCUT2D eigenvalue weighted by Gasteiger charge is 2.56. The number of carbonyl (C=O) groups is 4. The van der Waals surface area contributed by atoms with Crippen LogP contribution in [0.3, 0.4) is 0 Å². The number of amides is 4. The van der Waals surface area contributed by atoms with Gasteiger partial charge in [0.05, 0.1) is 0 Å². The molecule has 3 aliphatic rings. The van der Waals surface area contributed by atoms with Gasteiger partial charge in [0.25, 0.3) is 11.8 Å². The second kappa shape index (κ2) is 7.97. The fourth-order valence-corrected chi connectivity index (χ4v) is 4.05. The number of nitrogens with zero attached hydrogens (tertiary/aromatic N) is 2. The fraction of sp³-hybridized carbons (Fsp3) is 0.524. The van der Waals surface area contributed by atoms with Crippen molar-refractivity contribution in [3.63, 3.8) is 0 Å². The summed E-state index contributed by atoms with van der Waals surface area (Å²) in [7, 11) is 0. The molecule has 2 heterocycles. The topological polar surface area (TPSA) is 108 Å². The molecule has 160 valence electrons. The highest BCUT2D eigenvalue weighted by molar-refractivity contribution is 6.09. The molecule has 1 saturated carbocycles. The average molecular weight is 414 g/mol. The van der Waals surface area contributed by atoms with E-state index in [0.717, 1.165) is 36.5 Å². The van der Waals surface area contributed by atoms with Crippen LogP contribution in [0.2, 0.25) is 0 Å². The molecule has 0 bridgehead atoms. The summed E-state index contributed by atoms with van der Waals surface area (Å²) in [5, 5.41) is 5.33. The van der Waals surface area contributed by atoms with Crippen LogP contribution in [-0.2, 0) is 19.1 Å². The number of rotatable bonds is 7. The average Bonchev–Trinajstić information content (AvgIpc) is 3.40. The summed E-state index contributed by atoms with van der Waals surface area (Å²) < 4.78 is 4.95. The van der Waals surface area contributed by atoms with Gasteiger partial charge in [-0.25, -0.2) is 4.79 Å². The van der Waals surface area contributed by atoms with Gasteiger partial charge in [0, 0.05) is 24.5 Å². The largest absolute Gasteiger partial charge is 0.454 e. The lowest BCUT2D eigenvalue weighted by atomic mass is 9.96. The van der Waals surface area contributed by atoms with E-state index >= 15 is 0 Å². The van der Waals surface area contributed by atoms with E-state index in [4.69, 9.17) is 4.74 Å². The molecule has 1 aromatic carbocycles. The SMILES string of the molecule is C[C@]1(C2CC2)NC(=O)N(CC(=O)OCC(=O)Nc2ccc(N3CCCC3)cc2)C1=O. The van der Waals surface area contributed by atoms with Gasteiger partial charge in [0.1, 0.15) is 12.1 Å². The van der Waals surface area contributed by atoms with Gasteiger partial charge in [-0.1, -0.05) is 0 Å². The summed E-state index contributed by atoms with van der Waals surface area (Å²) in [6.45, 7) is 2.76. The van der Waals surface area contributed by atoms with Gasteiger partial charge in [-0.3, -0.25) is 19.3 Å². The number of nitrogens with one attached hydrogen (secondary N) is 2. The summed E-state index contributed by atoms with van der Waals surface area (Å²) in [4.78, 5) is 51.8. The van der Waals surface area contributed by atoms with Crippen molar-refractivity contribution in [2.75, 3.05) is 36.5 Å². The molecule has 0 aromatic heterocycles. The minimum absolute atomic E-state index is 0.109. The molecule has 0 radical (unpaired) electrons. The minimum Gasteiger partial charge on any atom is -0.454 e. The Kier molecular flexibility index (Phi) is 5.36. The van der Waals surface area contributed by atoms with Crippen molar-refractivity contribution in [3.8, 4) is 0 Å². The van der Waals surface area contributed by atoms with Gasteiger partial charge in [0.2, 0.25) is 0 Å². The Labute approximate surface area is 174 Å². The van der Waals surface area contributed by atoms with Crippen molar-refractivity contribution in [2.24, 2.45) is 5.92 Å². The Morgan fingerprint density at radius 2 is 1.83 bits per heavy atom. The fourth-order valence-electron chi connectivity index (χ4n) is 4.05. The predicted molar refractivity (Wildman–Crippen MR) is 109 cm³/mol. The van der Waals surface area contributed by atoms with E-state index < -0.39 is 42.5 Å². The molecule has 1 aliphatic carbocycles. The molecule has 0 unspecified atom stereocenters. The summed E-state index contributed by atoms with van der Waals surface area (Å²) in [5.74, 6) is -1.61. The molecule has 30 heavy (non-hydrogen) atoms. The first-order chi connectivity index (χ1) is 14.4. The summed E-state index contributed by atoms with van der Waals surface area (Å²) in [5.41, 5.74) is 0.771. The monoisotopic (exact) mass is 414 g/mol. The van der Waals surface area contributed by atoms with Crippen LogP contribution in [0.15, 0.2) is 24.3 Å². The number of imide groups is 1. The van der Waals surface area contributed by atoms with E-state index in [0.29, 0.717) is 5.69 Å². The lowest BCUT2D eigenvalue weighted by molar-refractivity contribution is -0.150. The lowest BCUT2D eigenvalue weighted by Gasteiger charge is -2.20. The van der Waals surface area contributed by atoms with Gasteiger partial charge in [0.15, 0.2) is 6.61 Å². The molecule has 4 amide bonds. The maximum atomic E-state index is 12.5. The van der Waals surface area contributed by atoms with E-state index in [9.17, 15) is 19.2 Å². The van der Waals surface area contributed by atoms with E-state index in [1.165, 1.54) is 12.8 Å².